The number of methoxy groups -OCH3 is 1. The van der Waals surface area contributed by atoms with Gasteiger partial charge < -0.3 is 15.0 Å². The van der Waals surface area contributed by atoms with Gasteiger partial charge in [0.25, 0.3) is 5.91 Å². The molecule has 0 radical (unpaired) electrons. The summed E-state index contributed by atoms with van der Waals surface area (Å²) in [7, 11) is 1.72. The third-order valence-electron chi connectivity index (χ3n) is 6.11. The molecule has 0 aliphatic carbocycles. The molecule has 2 aliphatic heterocycles. The molecule has 4 rings (SSSR count). The average molecular weight is 394 g/mol. The summed E-state index contributed by atoms with van der Waals surface area (Å²) < 4.78 is 5.47. The maximum Gasteiger partial charge on any atom is 0.253 e. The highest BCUT2D eigenvalue weighted by molar-refractivity contribution is 5.94. The van der Waals surface area contributed by atoms with Crippen LogP contribution in [0.2, 0.25) is 0 Å². The van der Waals surface area contributed by atoms with Crippen molar-refractivity contribution in [1.29, 1.82) is 0 Å². The summed E-state index contributed by atoms with van der Waals surface area (Å²) in [5.74, 6) is 1.78. The maximum atomic E-state index is 13.0. The van der Waals surface area contributed by atoms with Gasteiger partial charge in [0.15, 0.2) is 0 Å². The molecule has 2 fully saturated rings. The molecule has 0 aromatic heterocycles. The molecule has 2 saturated heterocycles. The van der Waals surface area contributed by atoms with E-state index in [2.05, 4.69) is 28.4 Å². The Hall–Kier alpha value is -2.37. The Morgan fingerprint density at radius 1 is 1.10 bits per heavy atom. The summed E-state index contributed by atoms with van der Waals surface area (Å²) in [5, 5.41) is 3.42. The molecule has 1 unspecified atom stereocenters. The fraction of sp³-hybridized carbons (Fsp3) is 0.458. The molecule has 2 aliphatic rings. The highest BCUT2D eigenvalue weighted by Crippen LogP contribution is 2.21. The predicted molar refractivity (Wildman–Crippen MR) is 115 cm³/mol. The van der Waals surface area contributed by atoms with Gasteiger partial charge in [0.1, 0.15) is 5.75 Å². The van der Waals surface area contributed by atoms with Gasteiger partial charge in [0, 0.05) is 43.9 Å². The number of hydrogen-bond acceptors (Lipinski definition) is 4. The Bertz CT molecular complexity index is 824. The van der Waals surface area contributed by atoms with Gasteiger partial charge in [0.05, 0.1) is 7.11 Å². The van der Waals surface area contributed by atoms with Crippen LogP contribution in [-0.4, -0.2) is 62.1 Å². The number of benzene rings is 2. The van der Waals surface area contributed by atoms with Crippen LogP contribution in [0.3, 0.4) is 0 Å². The molecule has 154 valence electrons. The second kappa shape index (κ2) is 9.42. The van der Waals surface area contributed by atoms with E-state index in [0.29, 0.717) is 5.92 Å². The Morgan fingerprint density at radius 3 is 2.69 bits per heavy atom. The minimum atomic E-state index is 0.160. The first-order valence-corrected chi connectivity index (χ1v) is 10.7. The molecule has 0 bridgehead atoms. The number of hydrogen-bond donors (Lipinski definition) is 1. The zero-order valence-electron chi connectivity index (χ0n) is 17.3. The number of rotatable bonds is 6. The van der Waals surface area contributed by atoms with Crippen LogP contribution in [0.1, 0.15) is 27.9 Å². The second-order valence-electron chi connectivity index (χ2n) is 8.14. The van der Waals surface area contributed by atoms with Crippen molar-refractivity contribution in [2.45, 2.75) is 19.4 Å². The highest BCUT2D eigenvalue weighted by Gasteiger charge is 2.23. The number of nitrogens with zero attached hydrogens (tertiary/aromatic N) is 2. The highest BCUT2D eigenvalue weighted by atomic mass is 16.5. The fourth-order valence-electron chi connectivity index (χ4n) is 4.42. The average Bonchev–Trinajstić information content (AvgIpc) is 3.27. The Balaban J connectivity index is 1.33. The van der Waals surface area contributed by atoms with Crippen molar-refractivity contribution in [3.8, 4) is 5.75 Å². The Morgan fingerprint density at radius 2 is 1.93 bits per heavy atom. The van der Waals surface area contributed by atoms with Gasteiger partial charge in [-0.05, 0) is 55.6 Å². The summed E-state index contributed by atoms with van der Waals surface area (Å²) in [6, 6.07) is 16.4. The molecule has 2 heterocycles. The number of amides is 1. The lowest BCUT2D eigenvalue weighted by atomic mass is 9.97. The first kappa shape index (κ1) is 19.9. The zero-order chi connectivity index (χ0) is 20.1. The van der Waals surface area contributed by atoms with E-state index >= 15 is 0 Å². The number of ether oxygens (including phenoxy) is 1. The second-order valence-corrected chi connectivity index (χ2v) is 8.14. The molecule has 2 aromatic carbocycles. The van der Waals surface area contributed by atoms with Crippen molar-refractivity contribution < 1.29 is 9.53 Å². The first-order chi connectivity index (χ1) is 14.2. The lowest BCUT2D eigenvalue weighted by Gasteiger charge is -2.35. The zero-order valence-corrected chi connectivity index (χ0v) is 17.3. The van der Waals surface area contributed by atoms with E-state index in [1.165, 1.54) is 17.5 Å². The van der Waals surface area contributed by atoms with Crippen LogP contribution in [0, 0.1) is 5.92 Å². The first-order valence-electron chi connectivity index (χ1n) is 10.7. The summed E-state index contributed by atoms with van der Waals surface area (Å²) >= 11 is 0. The van der Waals surface area contributed by atoms with E-state index in [-0.39, 0.29) is 5.91 Å². The summed E-state index contributed by atoms with van der Waals surface area (Å²) in [6.07, 6.45) is 2.28. The maximum absolute atomic E-state index is 13.0. The third kappa shape index (κ3) is 4.98. The summed E-state index contributed by atoms with van der Waals surface area (Å²) in [4.78, 5) is 17.4. The molecule has 1 N–H and O–H groups in total. The van der Waals surface area contributed by atoms with Crippen LogP contribution in [-0.2, 0) is 13.0 Å². The Kier molecular flexibility index (Phi) is 6.47. The number of nitrogens with one attached hydrogen (secondary N) is 1. The number of piperazine rings is 1. The van der Waals surface area contributed by atoms with Crippen LogP contribution in [0.5, 0.6) is 5.75 Å². The van der Waals surface area contributed by atoms with Crippen molar-refractivity contribution in [1.82, 2.24) is 15.1 Å². The summed E-state index contributed by atoms with van der Waals surface area (Å²) in [5.41, 5.74) is 3.30. The van der Waals surface area contributed by atoms with Gasteiger partial charge >= 0.3 is 0 Å². The smallest absolute Gasteiger partial charge is 0.253 e. The number of carbonyl (C=O) groups is 1. The largest absolute Gasteiger partial charge is 0.496 e. The van der Waals surface area contributed by atoms with Crippen LogP contribution in [0.15, 0.2) is 48.5 Å². The number of carbonyl (C=O) groups excluding carboxylic acids is 1. The van der Waals surface area contributed by atoms with Gasteiger partial charge in [0.2, 0.25) is 0 Å². The van der Waals surface area contributed by atoms with Crippen molar-refractivity contribution in [2.75, 3.05) is 46.4 Å². The van der Waals surface area contributed by atoms with Gasteiger partial charge in [-0.25, -0.2) is 0 Å². The van der Waals surface area contributed by atoms with Gasteiger partial charge in [-0.3, -0.25) is 9.69 Å². The SMILES string of the molecule is COc1ccccc1CN1CCN(C(=O)c2cccc(CC3CCNC3)c2)CC1. The molecular weight excluding hydrogens is 362 g/mol. The molecule has 29 heavy (non-hydrogen) atoms. The topological polar surface area (TPSA) is 44.8 Å². The van der Waals surface area contributed by atoms with Gasteiger partial charge in [-0.2, -0.15) is 0 Å². The van der Waals surface area contributed by atoms with E-state index in [1.54, 1.807) is 7.11 Å². The minimum Gasteiger partial charge on any atom is -0.496 e. The molecule has 1 atom stereocenters. The van der Waals surface area contributed by atoms with Crippen molar-refractivity contribution in [3.05, 3.63) is 65.2 Å². The van der Waals surface area contributed by atoms with Crippen LogP contribution in [0.25, 0.3) is 0 Å². The monoisotopic (exact) mass is 393 g/mol. The quantitative estimate of drug-likeness (QED) is 0.820. The predicted octanol–water partition coefficient (Wildman–Crippen LogP) is 2.81. The van der Waals surface area contributed by atoms with Crippen molar-refractivity contribution >= 4 is 5.91 Å². The fourth-order valence-corrected chi connectivity index (χ4v) is 4.42. The van der Waals surface area contributed by atoms with E-state index in [1.807, 2.05) is 35.2 Å². The third-order valence-corrected chi connectivity index (χ3v) is 6.11. The van der Waals surface area contributed by atoms with Crippen molar-refractivity contribution in [3.63, 3.8) is 0 Å². The number of para-hydroxylation sites is 1. The van der Waals surface area contributed by atoms with E-state index < -0.39 is 0 Å². The molecule has 5 heteroatoms. The molecular formula is C24H31N3O2. The van der Waals surface area contributed by atoms with Crippen LogP contribution in [0.4, 0.5) is 0 Å². The van der Waals surface area contributed by atoms with Gasteiger partial charge in [-0.15, -0.1) is 0 Å². The van der Waals surface area contributed by atoms with E-state index in [0.717, 1.165) is 63.5 Å². The van der Waals surface area contributed by atoms with Crippen LogP contribution < -0.4 is 10.1 Å². The molecule has 2 aromatic rings. The van der Waals surface area contributed by atoms with Gasteiger partial charge in [-0.1, -0.05) is 30.3 Å². The Labute approximate surface area is 173 Å². The lowest BCUT2D eigenvalue weighted by Crippen LogP contribution is -2.48. The molecule has 0 saturated carbocycles. The standard InChI is InChI=1S/C24H31N3O2/c1-29-23-8-3-2-6-22(23)18-26-11-13-27(14-12-26)24(28)21-7-4-5-19(16-21)15-20-9-10-25-17-20/h2-8,16,20,25H,9-15,17-18H2,1H3. The minimum absolute atomic E-state index is 0.160. The van der Waals surface area contributed by atoms with Crippen LogP contribution >= 0.6 is 0 Å². The molecule has 0 spiro atoms. The molecule has 5 nitrogen and oxygen atoms in total. The van der Waals surface area contributed by atoms with Crippen molar-refractivity contribution in [2.24, 2.45) is 5.92 Å². The summed E-state index contributed by atoms with van der Waals surface area (Å²) in [6.45, 7) is 6.37. The lowest BCUT2D eigenvalue weighted by molar-refractivity contribution is 0.0627. The normalized spacial score (nSPS) is 20.0. The van der Waals surface area contributed by atoms with E-state index in [9.17, 15) is 4.79 Å². The van der Waals surface area contributed by atoms with E-state index in [4.69, 9.17) is 4.74 Å². The molecule has 1 amide bonds.